The number of nitrogens with zero attached hydrogens (tertiary/aromatic N) is 2. The topological polar surface area (TPSA) is 85.0 Å². The van der Waals surface area contributed by atoms with Gasteiger partial charge in [0.05, 0.1) is 0 Å². The number of carbonyl (C=O) groups is 2. The first-order valence-electron chi connectivity index (χ1n) is 10.3. The first-order chi connectivity index (χ1) is 15.1. The molecule has 0 spiro atoms. The van der Waals surface area contributed by atoms with E-state index in [0.29, 0.717) is 31.4 Å². The maximum absolute atomic E-state index is 12.3. The lowest BCUT2D eigenvalue weighted by Crippen LogP contribution is -2.43. The van der Waals surface area contributed by atoms with E-state index in [-0.39, 0.29) is 11.5 Å². The second kappa shape index (κ2) is 13.3. The smallest absolute Gasteiger partial charge is 0.387 e. The van der Waals surface area contributed by atoms with E-state index < -0.39 is 18.2 Å². The monoisotopic (exact) mass is 447 g/mol. The number of carbonyl (C=O) groups excluding carboxylic acids is 2. The summed E-state index contributed by atoms with van der Waals surface area (Å²) in [5, 5.41) is 0. The minimum Gasteiger partial charge on any atom is -0.435 e. The van der Waals surface area contributed by atoms with Gasteiger partial charge < -0.3 is 10.5 Å². The Morgan fingerprint density at radius 2 is 1.91 bits per heavy atom. The van der Waals surface area contributed by atoms with Crippen LogP contribution in [0, 0.1) is 0 Å². The summed E-state index contributed by atoms with van der Waals surface area (Å²) in [7, 11) is 0. The van der Waals surface area contributed by atoms with Crippen molar-refractivity contribution in [3.05, 3.63) is 65.8 Å². The predicted octanol–water partition coefficient (Wildman–Crippen LogP) is 4.27. The molecule has 0 aliphatic heterocycles. The number of nitrogens with two attached hydrogens (primary N) is 1. The Hall–Kier alpha value is -3.13. The number of alkyl halides is 2. The van der Waals surface area contributed by atoms with Crippen molar-refractivity contribution in [3.63, 3.8) is 0 Å². The van der Waals surface area contributed by atoms with E-state index in [1.807, 2.05) is 45.9 Å². The fourth-order valence-corrected chi connectivity index (χ4v) is 3.12. The van der Waals surface area contributed by atoms with Crippen molar-refractivity contribution in [2.75, 3.05) is 13.1 Å². The molecule has 0 unspecified atom stereocenters. The highest BCUT2D eigenvalue weighted by atomic mass is 19.3. The molecule has 0 atom stereocenters. The molecule has 174 valence electrons. The van der Waals surface area contributed by atoms with E-state index in [1.54, 1.807) is 6.08 Å². The zero-order valence-electron chi connectivity index (χ0n) is 18.9. The molecule has 0 heterocycles. The SMILES string of the molecule is C\C=C/C(=C\C=C\C(N)=O)CCN(CC)C(C)(C)/N=C(\C=O)c1ccc(OC(F)F)cc1. The van der Waals surface area contributed by atoms with Gasteiger partial charge in [0.2, 0.25) is 5.91 Å². The molecule has 1 aromatic carbocycles. The van der Waals surface area contributed by atoms with Crippen LogP contribution >= 0.6 is 0 Å². The molecule has 0 bridgehead atoms. The van der Waals surface area contributed by atoms with Gasteiger partial charge in [-0.2, -0.15) is 8.78 Å². The summed E-state index contributed by atoms with van der Waals surface area (Å²) in [5.41, 5.74) is 6.16. The van der Waals surface area contributed by atoms with Crippen LogP contribution in [-0.2, 0) is 9.59 Å². The van der Waals surface area contributed by atoms with E-state index in [0.717, 1.165) is 5.57 Å². The van der Waals surface area contributed by atoms with Crippen molar-refractivity contribution in [3.8, 4) is 5.75 Å². The summed E-state index contributed by atoms with van der Waals surface area (Å²) in [6.07, 6.45) is 9.95. The van der Waals surface area contributed by atoms with Crippen LogP contribution in [0.5, 0.6) is 5.75 Å². The first kappa shape index (κ1) is 26.9. The third-order valence-electron chi connectivity index (χ3n) is 4.66. The number of aldehydes is 1. The molecule has 0 aliphatic rings. The van der Waals surface area contributed by atoms with Gasteiger partial charge in [0.25, 0.3) is 0 Å². The second-order valence-corrected chi connectivity index (χ2v) is 7.34. The second-order valence-electron chi connectivity index (χ2n) is 7.34. The maximum atomic E-state index is 12.3. The number of aliphatic imine (C=N–C) groups is 1. The van der Waals surface area contributed by atoms with Crippen molar-refractivity contribution in [1.82, 2.24) is 4.90 Å². The number of rotatable bonds is 13. The lowest BCUT2D eigenvalue weighted by Gasteiger charge is -2.35. The number of amides is 1. The minimum absolute atomic E-state index is 0.0112. The molecule has 0 radical (unpaired) electrons. The Bertz CT molecular complexity index is 873. The summed E-state index contributed by atoms with van der Waals surface area (Å²) in [6, 6.07) is 5.79. The number of primary amides is 1. The highest BCUT2D eigenvalue weighted by molar-refractivity contribution is 6.36. The van der Waals surface area contributed by atoms with Gasteiger partial charge >= 0.3 is 6.61 Å². The molecule has 0 saturated heterocycles. The standard InChI is InChI=1S/C24H31F2N3O3/c1-5-8-18(9-7-10-22(27)31)15-16-29(6-2)24(3,4)28-21(17-30)19-11-13-20(14-12-19)32-23(25)26/h5,7-14,17,23H,6,15-16H2,1-4H3,(H2,27,31)/b8-5-,10-7+,18-9+,28-21+. The van der Waals surface area contributed by atoms with Crippen LogP contribution in [0.2, 0.25) is 0 Å². The average Bonchev–Trinajstić information content (AvgIpc) is 2.72. The van der Waals surface area contributed by atoms with Crippen molar-refractivity contribution in [2.24, 2.45) is 10.7 Å². The van der Waals surface area contributed by atoms with Gasteiger partial charge in [-0.25, -0.2) is 0 Å². The third kappa shape index (κ3) is 9.34. The maximum Gasteiger partial charge on any atom is 0.387 e. The van der Waals surface area contributed by atoms with Crippen LogP contribution in [0.1, 0.15) is 39.7 Å². The number of benzene rings is 1. The van der Waals surface area contributed by atoms with Crippen molar-refractivity contribution in [2.45, 2.75) is 46.4 Å². The number of hydrogen-bond acceptors (Lipinski definition) is 5. The summed E-state index contributed by atoms with van der Waals surface area (Å²) in [6.45, 7) is 6.14. The molecule has 1 amide bonds. The molecule has 8 heteroatoms. The molecule has 0 aliphatic carbocycles. The van der Waals surface area contributed by atoms with Gasteiger partial charge in [-0.05, 0) is 63.6 Å². The van der Waals surface area contributed by atoms with Crippen LogP contribution < -0.4 is 10.5 Å². The van der Waals surface area contributed by atoms with Crippen molar-refractivity contribution in [1.29, 1.82) is 0 Å². The lowest BCUT2D eigenvalue weighted by molar-refractivity contribution is -0.113. The summed E-state index contributed by atoms with van der Waals surface area (Å²) in [4.78, 5) is 29.4. The molecular weight excluding hydrogens is 416 g/mol. The van der Waals surface area contributed by atoms with E-state index >= 15 is 0 Å². The van der Waals surface area contributed by atoms with Gasteiger partial charge in [-0.1, -0.05) is 31.2 Å². The average molecular weight is 448 g/mol. The Balaban J connectivity index is 3.03. The highest BCUT2D eigenvalue weighted by Gasteiger charge is 2.25. The number of allylic oxidation sites excluding steroid dienone is 4. The summed E-state index contributed by atoms with van der Waals surface area (Å²) >= 11 is 0. The molecule has 2 N–H and O–H groups in total. The fourth-order valence-electron chi connectivity index (χ4n) is 3.12. The predicted molar refractivity (Wildman–Crippen MR) is 123 cm³/mol. The molecule has 6 nitrogen and oxygen atoms in total. The lowest BCUT2D eigenvalue weighted by atomic mass is 10.1. The molecule has 1 aromatic rings. The van der Waals surface area contributed by atoms with E-state index in [2.05, 4.69) is 14.6 Å². The van der Waals surface area contributed by atoms with Crippen LogP contribution in [0.25, 0.3) is 0 Å². The largest absolute Gasteiger partial charge is 0.435 e. The van der Waals surface area contributed by atoms with E-state index in [9.17, 15) is 18.4 Å². The molecule has 0 fully saturated rings. The Kier molecular flexibility index (Phi) is 11.2. The molecule has 0 saturated carbocycles. The quantitative estimate of drug-likeness (QED) is 0.212. The molecular formula is C24H31F2N3O3. The van der Waals surface area contributed by atoms with Gasteiger partial charge in [-0.15, -0.1) is 0 Å². The van der Waals surface area contributed by atoms with Crippen LogP contribution in [-0.4, -0.2) is 48.2 Å². The van der Waals surface area contributed by atoms with E-state index in [1.165, 1.54) is 30.3 Å². The van der Waals surface area contributed by atoms with Crippen molar-refractivity contribution < 1.29 is 23.1 Å². The fraction of sp³-hybridized carbons (Fsp3) is 0.375. The van der Waals surface area contributed by atoms with E-state index in [4.69, 9.17) is 5.73 Å². The number of hydrogen-bond donors (Lipinski definition) is 1. The molecule has 0 aromatic heterocycles. The normalized spacial score (nSPS) is 13.5. The third-order valence-corrected chi connectivity index (χ3v) is 4.66. The highest BCUT2D eigenvalue weighted by Crippen LogP contribution is 2.21. The Labute approximate surface area is 188 Å². The van der Waals surface area contributed by atoms with Crippen LogP contribution in [0.15, 0.2) is 65.2 Å². The Morgan fingerprint density at radius 3 is 2.41 bits per heavy atom. The van der Waals surface area contributed by atoms with Gasteiger partial charge in [0.1, 0.15) is 17.1 Å². The van der Waals surface area contributed by atoms with Crippen molar-refractivity contribution >= 4 is 17.9 Å². The minimum atomic E-state index is -2.91. The zero-order valence-corrected chi connectivity index (χ0v) is 18.9. The summed E-state index contributed by atoms with van der Waals surface area (Å²) in [5.74, 6) is -0.501. The first-order valence-corrected chi connectivity index (χ1v) is 10.3. The van der Waals surface area contributed by atoms with Gasteiger partial charge in [0.15, 0.2) is 6.29 Å². The van der Waals surface area contributed by atoms with Crippen LogP contribution in [0.4, 0.5) is 8.78 Å². The summed E-state index contributed by atoms with van der Waals surface area (Å²) < 4.78 is 29.0. The van der Waals surface area contributed by atoms with Crippen LogP contribution in [0.3, 0.4) is 0 Å². The number of halogens is 2. The number of ether oxygens (including phenoxy) is 1. The molecule has 32 heavy (non-hydrogen) atoms. The zero-order chi connectivity index (χ0) is 24.1. The van der Waals surface area contributed by atoms with Gasteiger partial charge in [0, 0.05) is 18.2 Å². The molecule has 1 rings (SSSR count). The Morgan fingerprint density at radius 1 is 1.25 bits per heavy atom. The van der Waals surface area contributed by atoms with Gasteiger partial charge in [-0.3, -0.25) is 19.5 Å².